The van der Waals surface area contributed by atoms with E-state index in [1.807, 2.05) is 0 Å². The Kier molecular flexibility index (Phi) is 6.05. The molecule has 2 unspecified atom stereocenters. The number of nitrogens with two attached hydrogens (primary N) is 1. The molecule has 3 heterocycles. The molecule has 1 aliphatic rings. The van der Waals surface area contributed by atoms with Crippen LogP contribution in [-0.4, -0.2) is 83.5 Å². The van der Waals surface area contributed by atoms with E-state index in [0.29, 0.717) is 6.61 Å². The van der Waals surface area contributed by atoms with Crippen molar-refractivity contribution in [1.29, 1.82) is 0 Å². The van der Waals surface area contributed by atoms with Crippen LogP contribution in [0.2, 0.25) is 0 Å². The lowest BCUT2D eigenvalue weighted by Crippen LogP contribution is -2.45. The maximum Gasteiger partial charge on any atom is 0.309 e. The van der Waals surface area contributed by atoms with Crippen molar-refractivity contribution in [2.24, 2.45) is 5.92 Å². The Morgan fingerprint density at radius 1 is 1.36 bits per heavy atom. The van der Waals surface area contributed by atoms with Gasteiger partial charge in [-0.3, -0.25) is 9.36 Å². The van der Waals surface area contributed by atoms with Crippen LogP contribution in [0.5, 0.6) is 0 Å². The minimum Gasteiger partial charge on any atom is -0.481 e. The average Bonchev–Trinajstić information content (AvgIpc) is 3.21. The first kappa shape index (κ1) is 20.4. The quantitative estimate of drug-likeness (QED) is 0.327. The number of carbonyl (C=O) groups is 1. The molecule has 2 aromatic heterocycles. The van der Waals surface area contributed by atoms with Crippen molar-refractivity contribution in [2.45, 2.75) is 44.0 Å². The summed E-state index contributed by atoms with van der Waals surface area (Å²) in [5.74, 6) is -2.36. The molecule has 0 bridgehead atoms. The highest BCUT2D eigenvalue weighted by Crippen LogP contribution is 2.35. The summed E-state index contributed by atoms with van der Waals surface area (Å²) in [7, 11) is 0. The highest BCUT2D eigenvalue weighted by atomic mass is 16.6. The van der Waals surface area contributed by atoms with Gasteiger partial charge in [-0.25, -0.2) is 15.0 Å². The van der Waals surface area contributed by atoms with Crippen LogP contribution in [0, 0.1) is 5.92 Å². The molecule has 0 radical (unpaired) electrons. The van der Waals surface area contributed by atoms with E-state index in [4.69, 9.17) is 15.2 Å². The highest BCUT2D eigenvalue weighted by Gasteiger charge is 2.50. The largest absolute Gasteiger partial charge is 0.481 e. The SMILES string of the molecule is CCOCCC(C(=O)O)C(O)[C@H]1O[C@@H](n2cnc3c(N)ncnc32)[C@@H](O)[C@@H]1O. The van der Waals surface area contributed by atoms with Gasteiger partial charge in [0.25, 0.3) is 0 Å². The summed E-state index contributed by atoms with van der Waals surface area (Å²) in [5, 5.41) is 40.8. The predicted molar refractivity (Wildman–Crippen MR) is 93.9 cm³/mol. The van der Waals surface area contributed by atoms with E-state index in [9.17, 15) is 25.2 Å². The zero-order chi connectivity index (χ0) is 20.4. The van der Waals surface area contributed by atoms with Gasteiger partial charge in [-0.2, -0.15) is 0 Å². The minimum atomic E-state index is -1.57. The number of anilines is 1. The second-order valence-corrected chi connectivity index (χ2v) is 6.48. The first-order chi connectivity index (χ1) is 13.4. The van der Waals surface area contributed by atoms with E-state index in [-0.39, 0.29) is 30.0 Å². The number of ether oxygens (including phenoxy) is 2. The summed E-state index contributed by atoms with van der Waals surface area (Å²) in [6.07, 6.45) is -4.46. The van der Waals surface area contributed by atoms with Crippen LogP contribution in [0.3, 0.4) is 0 Å². The molecule has 3 rings (SSSR count). The number of aliphatic hydroxyl groups excluding tert-OH is 3. The van der Waals surface area contributed by atoms with E-state index < -0.39 is 42.5 Å². The Labute approximate surface area is 159 Å². The second kappa shape index (κ2) is 8.32. The molecule has 0 amide bonds. The van der Waals surface area contributed by atoms with E-state index in [1.54, 1.807) is 6.92 Å². The van der Waals surface area contributed by atoms with Crippen molar-refractivity contribution < 1.29 is 34.7 Å². The zero-order valence-electron chi connectivity index (χ0n) is 15.1. The first-order valence-electron chi connectivity index (χ1n) is 8.80. The third-order valence-electron chi connectivity index (χ3n) is 4.78. The standard InChI is InChI=1S/C16H23N5O7/c1-2-27-4-3-7(16(25)26)9(22)12-10(23)11(24)15(28-12)21-6-20-8-13(17)18-5-19-14(8)21/h5-7,9-12,15,22-24H,2-4H2,1H3,(H,25,26)(H2,17,18,19)/t7?,9?,10-,11-,12+,15+/m0/s1. The Morgan fingerprint density at radius 3 is 2.79 bits per heavy atom. The molecule has 2 aromatic rings. The number of aromatic nitrogens is 4. The highest BCUT2D eigenvalue weighted by molar-refractivity contribution is 5.81. The predicted octanol–water partition coefficient (Wildman–Crippen LogP) is -1.48. The average molecular weight is 397 g/mol. The van der Waals surface area contributed by atoms with Gasteiger partial charge in [0, 0.05) is 13.2 Å². The maximum absolute atomic E-state index is 11.5. The number of hydrogen-bond donors (Lipinski definition) is 5. The number of fused-ring (bicyclic) bond motifs is 1. The van der Waals surface area contributed by atoms with Gasteiger partial charge in [0.1, 0.15) is 30.2 Å². The van der Waals surface area contributed by atoms with Crippen molar-refractivity contribution in [3.05, 3.63) is 12.7 Å². The van der Waals surface area contributed by atoms with Gasteiger partial charge >= 0.3 is 5.97 Å². The van der Waals surface area contributed by atoms with Crippen molar-refractivity contribution in [2.75, 3.05) is 18.9 Å². The molecule has 12 nitrogen and oxygen atoms in total. The lowest BCUT2D eigenvalue weighted by molar-refractivity contribution is -0.156. The molecule has 12 heteroatoms. The topological polar surface area (TPSA) is 186 Å². The molecule has 0 aliphatic carbocycles. The Hall–Kier alpha value is -2.38. The summed E-state index contributed by atoms with van der Waals surface area (Å²) in [5.41, 5.74) is 6.30. The molecular formula is C16H23N5O7. The number of aliphatic hydroxyl groups is 3. The number of nitrogen functional groups attached to an aromatic ring is 1. The number of carboxylic acid groups (broad SMARTS) is 1. The molecule has 6 atom stereocenters. The van der Waals surface area contributed by atoms with Crippen molar-refractivity contribution in [3.63, 3.8) is 0 Å². The monoisotopic (exact) mass is 397 g/mol. The van der Waals surface area contributed by atoms with Gasteiger partial charge in [-0.1, -0.05) is 0 Å². The summed E-state index contributed by atoms with van der Waals surface area (Å²) in [4.78, 5) is 23.5. The van der Waals surface area contributed by atoms with E-state index in [1.165, 1.54) is 17.2 Å². The van der Waals surface area contributed by atoms with Gasteiger partial charge in [0.2, 0.25) is 0 Å². The second-order valence-electron chi connectivity index (χ2n) is 6.48. The molecule has 0 saturated carbocycles. The fraction of sp³-hybridized carbons (Fsp3) is 0.625. The number of rotatable bonds is 8. The number of nitrogens with zero attached hydrogens (tertiary/aromatic N) is 4. The maximum atomic E-state index is 11.5. The van der Waals surface area contributed by atoms with Crippen molar-refractivity contribution in [1.82, 2.24) is 19.5 Å². The van der Waals surface area contributed by atoms with Gasteiger partial charge in [0.15, 0.2) is 17.7 Å². The molecule has 6 N–H and O–H groups in total. The summed E-state index contributed by atoms with van der Waals surface area (Å²) < 4.78 is 12.1. The number of carboxylic acids is 1. The first-order valence-corrected chi connectivity index (χ1v) is 8.80. The lowest BCUT2D eigenvalue weighted by Gasteiger charge is -2.26. The van der Waals surface area contributed by atoms with E-state index in [2.05, 4.69) is 15.0 Å². The van der Waals surface area contributed by atoms with Gasteiger partial charge in [-0.05, 0) is 13.3 Å². The van der Waals surface area contributed by atoms with Crippen LogP contribution in [0.4, 0.5) is 5.82 Å². The number of aliphatic carboxylic acids is 1. The Balaban J connectivity index is 1.82. The number of imidazole rings is 1. The van der Waals surface area contributed by atoms with E-state index >= 15 is 0 Å². The smallest absolute Gasteiger partial charge is 0.309 e. The summed E-state index contributed by atoms with van der Waals surface area (Å²) in [6.45, 7) is 2.30. The van der Waals surface area contributed by atoms with Crippen molar-refractivity contribution >= 4 is 23.0 Å². The molecule has 154 valence electrons. The zero-order valence-corrected chi connectivity index (χ0v) is 15.1. The van der Waals surface area contributed by atoms with Gasteiger partial charge in [-0.15, -0.1) is 0 Å². The lowest BCUT2D eigenvalue weighted by atomic mass is 9.92. The van der Waals surface area contributed by atoms with E-state index in [0.717, 1.165) is 0 Å². The third kappa shape index (κ3) is 3.64. The molecule has 0 spiro atoms. The molecular weight excluding hydrogens is 374 g/mol. The van der Waals surface area contributed by atoms with Crippen LogP contribution < -0.4 is 5.73 Å². The van der Waals surface area contributed by atoms with Gasteiger partial charge < -0.3 is 35.6 Å². The van der Waals surface area contributed by atoms with Crippen molar-refractivity contribution in [3.8, 4) is 0 Å². The Bertz CT molecular complexity index is 831. The molecule has 1 aliphatic heterocycles. The van der Waals surface area contributed by atoms with Crippen LogP contribution in [-0.2, 0) is 14.3 Å². The van der Waals surface area contributed by atoms with Crippen LogP contribution >= 0.6 is 0 Å². The fourth-order valence-electron chi connectivity index (χ4n) is 3.28. The molecule has 1 saturated heterocycles. The Morgan fingerprint density at radius 2 is 2.11 bits per heavy atom. The molecule has 28 heavy (non-hydrogen) atoms. The van der Waals surface area contributed by atoms with Gasteiger partial charge in [0.05, 0.1) is 18.3 Å². The normalized spacial score (nSPS) is 27.1. The molecule has 1 fully saturated rings. The minimum absolute atomic E-state index is 0.0233. The summed E-state index contributed by atoms with van der Waals surface area (Å²) >= 11 is 0. The van der Waals surface area contributed by atoms with Crippen LogP contribution in [0.1, 0.15) is 19.6 Å². The van der Waals surface area contributed by atoms with Crippen LogP contribution in [0.25, 0.3) is 11.2 Å². The molecule has 0 aromatic carbocycles. The fourth-order valence-corrected chi connectivity index (χ4v) is 3.28. The summed E-state index contributed by atoms with van der Waals surface area (Å²) in [6, 6.07) is 0. The van der Waals surface area contributed by atoms with Crippen LogP contribution in [0.15, 0.2) is 12.7 Å². The number of hydrogen-bond acceptors (Lipinski definition) is 10. The third-order valence-corrected chi connectivity index (χ3v) is 4.78.